The predicted octanol–water partition coefficient (Wildman–Crippen LogP) is -7.80. The van der Waals surface area contributed by atoms with Crippen LogP contribution in [0.5, 0.6) is 0 Å². The number of hydrogen-bond donors (Lipinski definition) is 14. The number of hydrogen-bond acceptors (Lipinski definition) is 25. The lowest BCUT2D eigenvalue weighted by Gasteiger charge is -2.28. The highest BCUT2D eigenvalue weighted by Gasteiger charge is 2.28. The molecule has 436 valence electrons. The average molecular weight is 1090 g/mol. The standard InChI is InChI=1S/C43H80N8O24/c1-29(55)34(27-53)75-42(39(62)48-28-54)73-22-19-70-16-13-67-10-7-46-36(60)24-51(25-37(61)47-8-11-68-14-17-71-20-23-74-43(65)50-31(3)57)40(63)32(44)4-5-35(59)45-6-9-66-12-15-69-18-21-72-41(64)38(33(58)26-52)49-30(2)56/h28-29,32,34,39,41-43,52-53,55,58,62,64-65H,4-27,44H2,1-3H3,(H,45,59)(H,46,60)(H,47,61)(H,48,54)(H,49,56)(H,50,57)/b38-33+. The molecule has 0 aliphatic carbocycles. The van der Waals surface area contributed by atoms with Crippen molar-refractivity contribution in [2.45, 2.75) is 77.1 Å². The van der Waals surface area contributed by atoms with E-state index in [0.717, 1.165) is 11.8 Å². The molecule has 75 heavy (non-hydrogen) atoms. The van der Waals surface area contributed by atoms with Crippen LogP contribution in [0.2, 0.25) is 0 Å². The molecule has 7 amide bonds. The maximum absolute atomic E-state index is 13.4. The second-order valence-electron chi connectivity index (χ2n) is 15.5. The van der Waals surface area contributed by atoms with Crippen molar-refractivity contribution < 1.29 is 117 Å². The van der Waals surface area contributed by atoms with Crippen LogP contribution in [0, 0.1) is 0 Å². The molecule has 0 bridgehead atoms. The summed E-state index contributed by atoms with van der Waals surface area (Å²) in [5.41, 5.74) is 5.74. The Labute approximate surface area is 434 Å². The molecule has 32 heteroatoms. The van der Waals surface area contributed by atoms with E-state index in [2.05, 4.69) is 31.9 Å². The lowest BCUT2D eigenvalue weighted by Crippen LogP contribution is -2.51. The summed E-state index contributed by atoms with van der Waals surface area (Å²) in [6.07, 6.45) is -8.53. The van der Waals surface area contributed by atoms with E-state index in [1.54, 1.807) is 0 Å². The number of ether oxygens (including phenoxy) is 10. The molecule has 32 nitrogen and oxygen atoms in total. The van der Waals surface area contributed by atoms with Crippen molar-refractivity contribution in [1.29, 1.82) is 0 Å². The first-order valence-corrected chi connectivity index (χ1v) is 23.8. The lowest BCUT2D eigenvalue weighted by molar-refractivity contribution is -0.242. The van der Waals surface area contributed by atoms with Crippen molar-refractivity contribution in [2.75, 3.05) is 145 Å². The zero-order valence-electron chi connectivity index (χ0n) is 42.7. The van der Waals surface area contributed by atoms with Crippen LogP contribution in [0.4, 0.5) is 0 Å². The van der Waals surface area contributed by atoms with Gasteiger partial charge in [0.2, 0.25) is 54.6 Å². The Morgan fingerprint density at radius 3 is 1.52 bits per heavy atom. The molecular formula is C43H80N8O24. The Kier molecular flexibility index (Phi) is 42.4. The number of nitrogens with zero attached hydrogens (tertiary/aromatic N) is 1. The van der Waals surface area contributed by atoms with Crippen LogP contribution in [0.15, 0.2) is 11.5 Å². The van der Waals surface area contributed by atoms with E-state index in [9.17, 15) is 64.2 Å². The molecule has 0 aliphatic rings. The van der Waals surface area contributed by atoms with Crippen LogP contribution in [0.25, 0.3) is 0 Å². The van der Waals surface area contributed by atoms with Gasteiger partial charge in [0.15, 0.2) is 12.5 Å². The fourth-order valence-corrected chi connectivity index (χ4v) is 5.50. The number of rotatable bonds is 49. The van der Waals surface area contributed by atoms with Crippen LogP contribution < -0.4 is 37.6 Å². The molecule has 7 atom stereocenters. The molecule has 0 aromatic carbocycles. The lowest BCUT2D eigenvalue weighted by atomic mass is 10.1. The van der Waals surface area contributed by atoms with Gasteiger partial charge in [-0.25, -0.2) is 0 Å². The van der Waals surface area contributed by atoms with Crippen molar-refractivity contribution in [3.63, 3.8) is 0 Å². The highest BCUT2D eigenvalue weighted by molar-refractivity contribution is 5.91. The molecule has 0 aliphatic heterocycles. The summed E-state index contributed by atoms with van der Waals surface area (Å²) in [7, 11) is 0. The van der Waals surface area contributed by atoms with E-state index < -0.39 is 117 Å². The summed E-state index contributed by atoms with van der Waals surface area (Å²) in [5.74, 6) is -4.28. The highest BCUT2D eigenvalue weighted by Crippen LogP contribution is 2.09. The first-order valence-electron chi connectivity index (χ1n) is 23.8. The number of carbonyl (C=O) groups excluding carboxylic acids is 7. The summed E-state index contributed by atoms with van der Waals surface area (Å²) in [5, 5.41) is 81.4. The molecule has 0 spiro atoms. The molecule has 0 aromatic heterocycles. The molecule has 7 unspecified atom stereocenters. The predicted molar refractivity (Wildman–Crippen MR) is 255 cm³/mol. The SMILES string of the molecule is CC(=O)N/C(=C(/O)CO)C(O)OCCOCCOCCNC(=O)CCC(N)C(=O)N(CC(=O)NCCOCCOCCOC(O)NC(C)=O)CC(=O)NCCOCCOCCOC(OC(CO)C(C)O)C(O)NC=O. The van der Waals surface area contributed by atoms with Gasteiger partial charge in [0, 0.05) is 39.9 Å². The number of amides is 7. The highest BCUT2D eigenvalue weighted by atomic mass is 16.7. The van der Waals surface area contributed by atoms with Gasteiger partial charge >= 0.3 is 0 Å². The summed E-state index contributed by atoms with van der Waals surface area (Å²) >= 11 is 0. The summed E-state index contributed by atoms with van der Waals surface area (Å²) in [4.78, 5) is 85.6. The second-order valence-corrected chi connectivity index (χ2v) is 15.5. The molecule has 0 fully saturated rings. The van der Waals surface area contributed by atoms with E-state index in [1.807, 2.05) is 0 Å². The third-order valence-corrected chi connectivity index (χ3v) is 9.19. The fraction of sp³-hybridized carbons (Fsp3) is 0.791. The van der Waals surface area contributed by atoms with Crippen LogP contribution in [0.1, 0.15) is 33.6 Å². The minimum Gasteiger partial charge on any atom is -0.508 e. The maximum Gasteiger partial charge on any atom is 0.240 e. The van der Waals surface area contributed by atoms with Crippen LogP contribution in [-0.4, -0.2) is 271 Å². The summed E-state index contributed by atoms with van der Waals surface area (Å²) in [6, 6.07) is -1.28. The van der Waals surface area contributed by atoms with Gasteiger partial charge in [0.05, 0.1) is 118 Å². The normalized spacial score (nSPS) is 14.5. The largest absolute Gasteiger partial charge is 0.508 e. The van der Waals surface area contributed by atoms with Crippen molar-refractivity contribution in [3.8, 4) is 0 Å². The molecule has 0 saturated carbocycles. The third-order valence-electron chi connectivity index (χ3n) is 9.19. The zero-order chi connectivity index (χ0) is 56.2. The molecule has 0 saturated heterocycles. The van der Waals surface area contributed by atoms with Crippen LogP contribution in [0.3, 0.4) is 0 Å². The van der Waals surface area contributed by atoms with Gasteiger partial charge in [-0.1, -0.05) is 0 Å². The number of aliphatic hydroxyl groups excluding tert-OH is 7. The van der Waals surface area contributed by atoms with Crippen molar-refractivity contribution in [1.82, 2.24) is 36.8 Å². The Hall–Kier alpha value is -4.85. The van der Waals surface area contributed by atoms with E-state index in [0.29, 0.717) is 0 Å². The molecule has 0 rings (SSSR count). The Balaban J connectivity index is 4.90. The molecule has 0 aromatic rings. The smallest absolute Gasteiger partial charge is 0.240 e. The minimum absolute atomic E-state index is 0.00169. The zero-order valence-corrected chi connectivity index (χ0v) is 42.7. The van der Waals surface area contributed by atoms with Gasteiger partial charge in [-0.3, -0.25) is 33.6 Å². The second kappa shape index (κ2) is 45.4. The first-order chi connectivity index (χ1) is 35.9. The van der Waals surface area contributed by atoms with Gasteiger partial charge < -0.3 is 126 Å². The van der Waals surface area contributed by atoms with Crippen LogP contribution >= 0.6 is 0 Å². The number of nitrogens with one attached hydrogen (secondary N) is 6. The number of aliphatic hydroxyl groups is 7. The average Bonchev–Trinajstić information content (AvgIpc) is 3.36. The van der Waals surface area contributed by atoms with E-state index in [-0.39, 0.29) is 138 Å². The molecule has 0 heterocycles. The summed E-state index contributed by atoms with van der Waals surface area (Å²) < 4.78 is 53.0. The number of nitrogens with two attached hydrogens (primary N) is 1. The molecule has 15 N–H and O–H groups in total. The van der Waals surface area contributed by atoms with Gasteiger partial charge in [-0.05, 0) is 13.3 Å². The topological polar surface area (TPSA) is 455 Å². The van der Waals surface area contributed by atoms with Gasteiger partial charge in [-0.2, -0.15) is 0 Å². The molecule has 0 radical (unpaired) electrons. The third kappa shape index (κ3) is 38.4. The van der Waals surface area contributed by atoms with Gasteiger partial charge in [-0.15, -0.1) is 0 Å². The summed E-state index contributed by atoms with van der Waals surface area (Å²) in [6.45, 7) is 2.03. The van der Waals surface area contributed by atoms with Crippen molar-refractivity contribution in [2.24, 2.45) is 5.73 Å². The van der Waals surface area contributed by atoms with Crippen molar-refractivity contribution >= 4 is 41.9 Å². The maximum atomic E-state index is 13.4. The Morgan fingerprint density at radius 1 is 0.627 bits per heavy atom. The minimum atomic E-state index is -1.72. The Bertz CT molecular complexity index is 1620. The van der Waals surface area contributed by atoms with Crippen LogP contribution in [-0.2, 0) is 80.9 Å². The Morgan fingerprint density at radius 2 is 1.08 bits per heavy atom. The van der Waals surface area contributed by atoms with E-state index in [4.69, 9.17) is 58.2 Å². The van der Waals surface area contributed by atoms with Crippen molar-refractivity contribution in [3.05, 3.63) is 11.5 Å². The van der Waals surface area contributed by atoms with Gasteiger partial charge in [0.1, 0.15) is 37.3 Å². The van der Waals surface area contributed by atoms with Gasteiger partial charge in [0.25, 0.3) is 0 Å². The monoisotopic (exact) mass is 1090 g/mol. The van der Waals surface area contributed by atoms with E-state index >= 15 is 0 Å². The fourth-order valence-electron chi connectivity index (χ4n) is 5.50. The number of carbonyl (C=O) groups is 7. The quantitative estimate of drug-likeness (QED) is 0.0116. The van der Waals surface area contributed by atoms with E-state index in [1.165, 1.54) is 13.8 Å². The molecular weight excluding hydrogens is 1010 g/mol. The first kappa shape index (κ1) is 70.1.